The number of thiol groups is 1. The van der Waals surface area contributed by atoms with Crippen LogP contribution in [0.25, 0.3) is 0 Å². The van der Waals surface area contributed by atoms with E-state index >= 15 is 0 Å². The standard InChI is InChI=1S/C2HN3OS/c3-1-4-5-2(6)7/h(H,6,7). The van der Waals surface area contributed by atoms with Crippen molar-refractivity contribution in [3.05, 3.63) is 0 Å². The van der Waals surface area contributed by atoms with Gasteiger partial charge in [0.2, 0.25) is 6.19 Å². The van der Waals surface area contributed by atoms with Crippen molar-refractivity contribution >= 4 is 17.9 Å². The number of hydrogen-bond acceptors (Lipinski definition) is 3. The molecule has 0 unspecified atom stereocenters. The van der Waals surface area contributed by atoms with Crippen molar-refractivity contribution in [2.45, 2.75) is 0 Å². The van der Waals surface area contributed by atoms with Crippen LogP contribution < -0.4 is 0 Å². The minimum absolute atomic E-state index is 0.762. The Kier molecular flexibility index (Phi) is 2.89. The molecule has 0 aromatic rings. The van der Waals surface area contributed by atoms with E-state index in [-0.39, 0.29) is 0 Å². The van der Waals surface area contributed by atoms with Gasteiger partial charge in [-0.1, -0.05) is 22.9 Å². The van der Waals surface area contributed by atoms with E-state index in [0.29, 0.717) is 0 Å². The first-order valence-electron chi connectivity index (χ1n) is 1.30. The maximum atomic E-state index is 9.66. The van der Waals surface area contributed by atoms with Crippen molar-refractivity contribution in [1.82, 2.24) is 0 Å². The average Bonchev–Trinajstić information content (AvgIpc) is 1.61. The van der Waals surface area contributed by atoms with Crippen molar-refractivity contribution in [2.24, 2.45) is 10.2 Å². The largest absolute Gasteiger partial charge is 0.320 e. The summed E-state index contributed by atoms with van der Waals surface area (Å²) < 4.78 is 0. The van der Waals surface area contributed by atoms with Crippen molar-refractivity contribution in [1.29, 1.82) is 5.26 Å². The number of carbonyl (C=O) groups is 1. The lowest BCUT2D eigenvalue weighted by atomic mass is 11.4. The number of hydrogen-bond donors (Lipinski definition) is 1. The van der Waals surface area contributed by atoms with Crippen LogP contribution in [0.2, 0.25) is 0 Å². The van der Waals surface area contributed by atoms with Crippen LogP contribution in [0.5, 0.6) is 0 Å². The van der Waals surface area contributed by atoms with E-state index in [1.165, 1.54) is 6.19 Å². The van der Waals surface area contributed by atoms with Gasteiger partial charge < -0.3 is 0 Å². The van der Waals surface area contributed by atoms with E-state index in [1.54, 1.807) is 0 Å². The second-order valence-electron chi connectivity index (χ2n) is 0.583. The van der Waals surface area contributed by atoms with Gasteiger partial charge in [0.05, 0.1) is 0 Å². The molecule has 36 valence electrons. The summed E-state index contributed by atoms with van der Waals surface area (Å²) in [6.07, 6.45) is 1.29. The van der Waals surface area contributed by atoms with Crippen LogP contribution in [-0.4, -0.2) is 5.24 Å². The molecule has 0 saturated carbocycles. The van der Waals surface area contributed by atoms with Crippen LogP contribution in [0.15, 0.2) is 10.2 Å². The molecule has 1 amide bonds. The van der Waals surface area contributed by atoms with Crippen LogP contribution in [0.3, 0.4) is 0 Å². The van der Waals surface area contributed by atoms with E-state index in [4.69, 9.17) is 5.26 Å². The molecule has 5 heteroatoms. The minimum atomic E-state index is -0.762. The Morgan fingerprint density at radius 3 is 2.57 bits per heavy atom. The first kappa shape index (κ1) is 6.11. The highest BCUT2D eigenvalue weighted by Gasteiger charge is 1.79. The van der Waals surface area contributed by atoms with Gasteiger partial charge in [0.25, 0.3) is 0 Å². The molecule has 0 aromatic heterocycles. The lowest BCUT2D eigenvalue weighted by Gasteiger charge is -1.64. The molecule has 0 radical (unpaired) electrons. The molecule has 0 heterocycles. The molecule has 0 N–H and O–H groups in total. The predicted molar refractivity (Wildman–Crippen MR) is 24.9 cm³/mol. The molecule has 0 aliphatic heterocycles. The smallest absolute Gasteiger partial charge is 0.258 e. The van der Waals surface area contributed by atoms with E-state index in [9.17, 15) is 4.79 Å². The van der Waals surface area contributed by atoms with Gasteiger partial charge in [0, 0.05) is 0 Å². The maximum Gasteiger partial charge on any atom is 0.320 e. The normalized spacial score (nSPS) is 8.57. The third-order valence-electron chi connectivity index (χ3n) is 0.180. The SMILES string of the molecule is N#CN=NC(=O)S. The highest BCUT2D eigenvalue weighted by molar-refractivity contribution is 7.96. The highest BCUT2D eigenvalue weighted by Crippen LogP contribution is 1.82. The van der Waals surface area contributed by atoms with E-state index in [1.807, 2.05) is 0 Å². The molecule has 0 aliphatic rings. The maximum absolute atomic E-state index is 9.66. The molecule has 0 aliphatic carbocycles. The van der Waals surface area contributed by atoms with Crippen LogP contribution >= 0.6 is 12.6 Å². The monoisotopic (exact) mass is 115 g/mol. The van der Waals surface area contributed by atoms with Crippen LogP contribution in [0.4, 0.5) is 4.79 Å². The summed E-state index contributed by atoms with van der Waals surface area (Å²) in [5, 5.41) is 12.3. The summed E-state index contributed by atoms with van der Waals surface area (Å²) in [6, 6.07) is 0. The fourth-order valence-electron chi connectivity index (χ4n) is 0.0651. The van der Waals surface area contributed by atoms with Gasteiger partial charge in [0.15, 0.2) is 0 Å². The lowest BCUT2D eigenvalue weighted by molar-refractivity contribution is 0.267. The Labute approximate surface area is 45.3 Å². The number of azo groups is 1. The van der Waals surface area contributed by atoms with Gasteiger partial charge in [-0.2, -0.15) is 5.26 Å². The Morgan fingerprint density at radius 2 is 2.43 bits per heavy atom. The zero-order chi connectivity index (χ0) is 5.70. The Balaban J connectivity index is 3.53. The van der Waals surface area contributed by atoms with Gasteiger partial charge >= 0.3 is 5.24 Å². The molecule has 7 heavy (non-hydrogen) atoms. The zero-order valence-electron chi connectivity index (χ0n) is 3.20. The quantitative estimate of drug-likeness (QED) is 0.290. The van der Waals surface area contributed by atoms with Crippen LogP contribution in [0, 0.1) is 11.5 Å². The molecular weight excluding hydrogens is 114 g/mol. The second kappa shape index (κ2) is 3.31. The molecule has 0 saturated heterocycles. The summed E-state index contributed by atoms with van der Waals surface area (Å²) >= 11 is 3.18. The number of rotatable bonds is 0. The zero-order valence-corrected chi connectivity index (χ0v) is 4.09. The van der Waals surface area contributed by atoms with Crippen molar-refractivity contribution < 1.29 is 4.79 Å². The molecule has 0 bridgehead atoms. The summed E-state index contributed by atoms with van der Waals surface area (Å²) in [5.41, 5.74) is 0. The molecule has 0 rings (SSSR count). The summed E-state index contributed by atoms with van der Waals surface area (Å²) in [4.78, 5) is 9.66. The number of nitriles is 1. The third kappa shape index (κ3) is 5.11. The molecule has 0 fully saturated rings. The van der Waals surface area contributed by atoms with E-state index in [0.717, 1.165) is 0 Å². The number of amides is 1. The van der Waals surface area contributed by atoms with E-state index in [2.05, 4.69) is 22.9 Å². The first-order valence-corrected chi connectivity index (χ1v) is 1.75. The second-order valence-corrected chi connectivity index (χ2v) is 0.965. The average molecular weight is 115 g/mol. The van der Waals surface area contributed by atoms with Crippen molar-refractivity contribution in [3.8, 4) is 6.19 Å². The topological polar surface area (TPSA) is 65.6 Å². The Hall–Kier alpha value is -0.890. The predicted octanol–water partition coefficient (Wildman–Crippen LogP) is 0.969. The fraction of sp³-hybridized carbons (Fsp3) is 0. The third-order valence-corrected chi connectivity index (χ3v) is 0.270. The number of carbonyl (C=O) groups excluding carboxylic acids is 1. The minimum Gasteiger partial charge on any atom is -0.258 e. The van der Waals surface area contributed by atoms with Gasteiger partial charge in [-0.05, 0) is 0 Å². The van der Waals surface area contributed by atoms with Crippen LogP contribution in [0.1, 0.15) is 0 Å². The Morgan fingerprint density at radius 1 is 1.86 bits per heavy atom. The molecule has 0 aromatic carbocycles. The molecule has 0 atom stereocenters. The van der Waals surface area contributed by atoms with Gasteiger partial charge in [-0.15, -0.1) is 0 Å². The lowest BCUT2D eigenvalue weighted by Crippen LogP contribution is -1.66. The van der Waals surface area contributed by atoms with Gasteiger partial charge in [0.1, 0.15) is 0 Å². The van der Waals surface area contributed by atoms with Gasteiger partial charge in [-0.25, -0.2) is 0 Å². The molecule has 0 spiro atoms. The number of nitrogens with zero attached hydrogens (tertiary/aromatic N) is 3. The van der Waals surface area contributed by atoms with Gasteiger partial charge in [-0.3, -0.25) is 4.79 Å². The summed E-state index contributed by atoms with van der Waals surface area (Å²) in [5.74, 6) is 0. The van der Waals surface area contributed by atoms with Crippen LogP contribution in [-0.2, 0) is 0 Å². The first-order chi connectivity index (χ1) is 3.27. The molecular formula is C2HN3OS. The summed E-state index contributed by atoms with van der Waals surface area (Å²) in [6.45, 7) is 0. The summed E-state index contributed by atoms with van der Waals surface area (Å²) in [7, 11) is 0. The molecule has 4 nitrogen and oxygen atoms in total. The Bertz CT molecular complexity index is 134. The fourth-order valence-corrected chi connectivity index (χ4v) is 0.110. The van der Waals surface area contributed by atoms with Crippen molar-refractivity contribution in [3.63, 3.8) is 0 Å². The van der Waals surface area contributed by atoms with E-state index < -0.39 is 5.24 Å². The highest BCUT2D eigenvalue weighted by atomic mass is 32.1. The van der Waals surface area contributed by atoms with Crippen molar-refractivity contribution in [2.75, 3.05) is 0 Å².